The summed E-state index contributed by atoms with van der Waals surface area (Å²) in [5.41, 5.74) is 6.28. The van der Waals surface area contributed by atoms with Crippen LogP contribution in [0.5, 0.6) is 0 Å². The Balaban J connectivity index is 2.10. The van der Waals surface area contributed by atoms with Crippen LogP contribution in [-0.2, 0) is 0 Å². The van der Waals surface area contributed by atoms with Crippen LogP contribution < -0.4 is 11.1 Å². The molecule has 6 nitrogen and oxygen atoms in total. The molecule has 0 spiro atoms. The number of hydrogen-bond acceptors (Lipinski definition) is 4. The quantitative estimate of drug-likeness (QED) is 0.840. The number of hydrogen-bond donors (Lipinski definition) is 2. The molecule has 2 aromatic heterocycles. The van der Waals surface area contributed by atoms with Gasteiger partial charge in [-0.3, -0.25) is 9.36 Å². The SMILES string of the molecule is CC(C)CC(CN)NC(=O)c1ccnc(-n2ccnc2)c1. The summed E-state index contributed by atoms with van der Waals surface area (Å²) in [6.45, 7) is 4.65. The predicted molar refractivity (Wildman–Crippen MR) is 81.1 cm³/mol. The molecular formula is C15H21N5O. The Hall–Kier alpha value is -2.21. The van der Waals surface area contributed by atoms with Gasteiger partial charge in [0.25, 0.3) is 5.91 Å². The molecule has 0 fully saturated rings. The lowest BCUT2D eigenvalue weighted by atomic mass is 10.0. The number of carbonyl (C=O) groups is 1. The molecule has 2 aromatic rings. The summed E-state index contributed by atoms with van der Waals surface area (Å²) in [4.78, 5) is 20.5. The van der Waals surface area contributed by atoms with E-state index in [1.165, 1.54) is 0 Å². The molecule has 6 heteroatoms. The fourth-order valence-corrected chi connectivity index (χ4v) is 2.15. The minimum Gasteiger partial charge on any atom is -0.348 e. The molecule has 2 rings (SSSR count). The molecule has 0 aliphatic rings. The zero-order chi connectivity index (χ0) is 15.2. The predicted octanol–water partition coefficient (Wildman–Crippen LogP) is 1.37. The van der Waals surface area contributed by atoms with Crippen molar-refractivity contribution < 1.29 is 4.79 Å². The standard InChI is InChI=1S/C15H21N5O/c1-11(2)7-13(9-16)19-15(21)12-3-4-18-14(8-12)20-6-5-17-10-20/h3-6,8,10-11,13H,7,9,16H2,1-2H3,(H,19,21). The monoisotopic (exact) mass is 287 g/mol. The molecule has 0 saturated heterocycles. The van der Waals surface area contributed by atoms with Crippen molar-refractivity contribution in [3.63, 3.8) is 0 Å². The van der Waals surface area contributed by atoms with E-state index in [9.17, 15) is 4.79 Å². The number of nitrogens with one attached hydrogen (secondary N) is 1. The first-order valence-electron chi connectivity index (χ1n) is 7.05. The van der Waals surface area contributed by atoms with Gasteiger partial charge >= 0.3 is 0 Å². The minimum atomic E-state index is -0.130. The van der Waals surface area contributed by atoms with E-state index in [2.05, 4.69) is 29.1 Å². The summed E-state index contributed by atoms with van der Waals surface area (Å²) in [7, 11) is 0. The molecule has 21 heavy (non-hydrogen) atoms. The first-order valence-corrected chi connectivity index (χ1v) is 7.05. The first kappa shape index (κ1) is 15.2. The van der Waals surface area contributed by atoms with Gasteiger partial charge in [-0.1, -0.05) is 13.8 Å². The third kappa shape index (κ3) is 4.13. The maximum absolute atomic E-state index is 12.3. The fourth-order valence-electron chi connectivity index (χ4n) is 2.15. The molecule has 1 atom stereocenters. The third-order valence-corrected chi connectivity index (χ3v) is 3.15. The van der Waals surface area contributed by atoms with Gasteiger partial charge < -0.3 is 11.1 Å². The number of nitrogens with zero attached hydrogens (tertiary/aromatic N) is 3. The van der Waals surface area contributed by atoms with E-state index in [1.807, 2.05) is 0 Å². The van der Waals surface area contributed by atoms with Gasteiger partial charge in [0.15, 0.2) is 0 Å². The van der Waals surface area contributed by atoms with Gasteiger partial charge in [-0.15, -0.1) is 0 Å². The van der Waals surface area contributed by atoms with Crippen molar-refractivity contribution in [2.45, 2.75) is 26.3 Å². The highest BCUT2D eigenvalue weighted by Gasteiger charge is 2.14. The van der Waals surface area contributed by atoms with E-state index < -0.39 is 0 Å². The summed E-state index contributed by atoms with van der Waals surface area (Å²) >= 11 is 0. The van der Waals surface area contributed by atoms with Crippen LogP contribution in [0, 0.1) is 5.92 Å². The van der Waals surface area contributed by atoms with Crippen molar-refractivity contribution in [1.82, 2.24) is 19.9 Å². The van der Waals surface area contributed by atoms with Gasteiger partial charge in [-0.25, -0.2) is 9.97 Å². The third-order valence-electron chi connectivity index (χ3n) is 3.15. The van der Waals surface area contributed by atoms with Gasteiger partial charge in [0.2, 0.25) is 0 Å². The van der Waals surface area contributed by atoms with Gasteiger partial charge in [0, 0.05) is 36.7 Å². The Morgan fingerprint density at radius 1 is 1.43 bits per heavy atom. The summed E-state index contributed by atoms with van der Waals surface area (Å²) < 4.78 is 1.76. The molecule has 0 radical (unpaired) electrons. The van der Waals surface area contributed by atoms with Crippen molar-refractivity contribution in [3.05, 3.63) is 42.6 Å². The number of aromatic nitrogens is 3. The minimum absolute atomic E-state index is 0.0117. The Bertz CT molecular complexity index is 580. The number of nitrogens with two attached hydrogens (primary N) is 1. The van der Waals surface area contributed by atoms with E-state index >= 15 is 0 Å². The molecule has 1 unspecified atom stereocenters. The maximum Gasteiger partial charge on any atom is 0.251 e. The highest BCUT2D eigenvalue weighted by molar-refractivity contribution is 5.94. The van der Waals surface area contributed by atoms with Crippen LogP contribution in [0.3, 0.4) is 0 Å². The van der Waals surface area contributed by atoms with Crippen LogP contribution in [0.4, 0.5) is 0 Å². The smallest absolute Gasteiger partial charge is 0.251 e. The summed E-state index contributed by atoms with van der Waals surface area (Å²) in [6, 6.07) is 3.42. The first-order chi connectivity index (χ1) is 10.1. The molecule has 0 saturated carbocycles. The summed E-state index contributed by atoms with van der Waals surface area (Å²) in [5, 5.41) is 2.97. The molecule has 0 bridgehead atoms. The topological polar surface area (TPSA) is 85.8 Å². The number of carbonyl (C=O) groups excluding carboxylic acids is 1. The van der Waals surface area contributed by atoms with Crippen LogP contribution in [0.15, 0.2) is 37.1 Å². The van der Waals surface area contributed by atoms with Crippen molar-refractivity contribution in [2.24, 2.45) is 11.7 Å². The van der Waals surface area contributed by atoms with E-state index in [4.69, 9.17) is 5.73 Å². The fraction of sp³-hybridized carbons (Fsp3) is 0.400. The van der Waals surface area contributed by atoms with Crippen molar-refractivity contribution >= 4 is 5.91 Å². The van der Waals surface area contributed by atoms with Crippen LogP contribution in [0.1, 0.15) is 30.6 Å². The summed E-state index contributed by atoms with van der Waals surface area (Å²) in [6.07, 6.45) is 7.57. The summed E-state index contributed by atoms with van der Waals surface area (Å²) in [5.74, 6) is 1.01. The highest BCUT2D eigenvalue weighted by Crippen LogP contribution is 2.09. The van der Waals surface area contributed by atoms with Crippen LogP contribution in [0.25, 0.3) is 5.82 Å². The molecule has 0 aliphatic heterocycles. The Morgan fingerprint density at radius 3 is 2.86 bits per heavy atom. The lowest BCUT2D eigenvalue weighted by molar-refractivity contribution is 0.0933. The van der Waals surface area contributed by atoms with Crippen molar-refractivity contribution in [2.75, 3.05) is 6.54 Å². The average molecular weight is 287 g/mol. The number of pyridine rings is 1. The van der Waals surface area contributed by atoms with E-state index in [-0.39, 0.29) is 11.9 Å². The van der Waals surface area contributed by atoms with Gasteiger partial charge in [-0.05, 0) is 24.5 Å². The normalized spacial score (nSPS) is 12.4. The van der Waals surface area contributed by atoms with Gasteiger partial charge in [0.1, 0.15) is 12.1 Å². The Morgan fingerprint density at radius 2 is 2.24 bits per heavy atom. The molecule has 112 valence electrons. The molecule has 0 aromatic carbocycles. The van der Waals surface area contributed by atoms with Crippen molar-refractivity contribution in [1.29, 1.82) is 0 Å². The maximum atomic E-state index is 12.3. The number of rotatable bonds is 6. The zero-order valence-corrected chi connectivity index (χ0v) is 12.4. The second-order valence-electron chi connectivity index (χ2n) is 5.41. The van der Waals surface area contributed by atoms with Crippen LogP contribution >= 0.6 is 0 Å². The van der Waals surface area contributed by atoms with Crippen LogP contribution in [0.2, 0.25) is 0 Å². The lowest BCUT2D eigenvalue weighted by Gasteiger charge is -2.19. The molecule has 2 heterocycles. The van der Waals surface area contributed by atoms with E-state index in [1.54, 1.807) is 41.6 Å². The molecular weight excluding hydrogens is 266 g/mol. The molecule has 0 aliphatic carbocycles. The largest absolute Gasteiger partial charge is 0.348 e. The average Bonchev–Trinajstić information content (AvgIpc) is 3.00. The lowest BCUT2D eigenvalue weighted by Crippen LogP contribution is -2.41. The van der Waals surface area contributed by atoms with Crippen LogP contribution in [-0.4, -0.2) is 33.0 Å². The van der Waals surface area contributed by atoms with Gasteiger partial charge in [0.05, 0.1) is 0 Å². The zero-order valence-electron chi connectivity index (χ0n) is 12.4. The van der Waals surface area contributed by atoms with E-state index in [0.29, 0.717) is 23.8 Å². The second kappa shape index (κ2) is 6.99. The van der Waals surface area contributed by atoms with Gasteiger partial charge in [-0.2, -0.15) is 0 Å². The molecule has 1 amide bonds. The number of imidazole rings is 1. The van der Waals surface area contributed by atoms with E-state index in [0.717, 1.165) is 6.42 Å². The highest BCUT2D eigenvalue weighted by atomic mass is 16.1. The Labute approximate surface area is 124 Å². The van der Waals surface area contributed by atoms with Crippen molar-refractivity contribution in [3.8, 4) is 5.82 Å². The second-order valence-corrected chi connectivity index (χ2v) is 5.41. The molecule has 3 N–H and O–H groups in total. The number of amides is 1. The Kier molecular flexibility index (Phi) is 5.05.